The second kappa shape index (κ2) is 11.3. The average molecular weight is 483 g/mol. The van der Waals surface area contributed by atoms with Gasteiger partial charge in [-0.2, -0.15) is 0 Å². The molecule has 0 saturated heterocycles. The van der Waals surface area contributed by atoms with E-state index in [1.165, 1.54) is 5.56 Å². The molecule has 0 aliphatic rings. The highest BCUT2D eigenvalue weighted by molar-refractivity contribution is 9.10. The Labute approximate surface area is 185 Å². The molecule has 0 saturated carbocycles. The van der Waals surface area contributed by atoms with E-state index in [0.29, 0.717) is 23.1 Å². The Kier molecular flexibility index (Phi) is 9.13. The number of nitrogens with one attached hydrogen (secondary N) is 1. The first-order valence-electron chi connectivity index (χ1n) is 8.64. The Morgan fingerprint density at radius 1 is 0.929 bits per heavy atom. The van der Waals surface area contributed by atoms with E-state index in [4.69, 9.17) is 21.1 Å². The number of benzene rings is 3. The Morgan fingerprint density at radius 3 is 2.32 bits per heavy atom. The molecule has 3 aromatic rings. The summed E-state index contributed by atoms with van der Waals surface area (Å²) in [5, 5.41) is 4.14. The lowest BCUT2D eigenvalue weighted by Crippen LogP contribution is -2.12. The highest BCUT2D eigenvalue weighted by Crippen LogP contribution is 2.37. The van der Waals surface area contributed by atoms with Crippen molar-refractivity contribution in [2.75, 3.05) is 7.11 Å². The van der Waals surface area contributed by atoms with Crippen LogP contribution in [0.15, 0.2) is 71.2 Å². The molecule has 0 aliphatic heterocycles. The molecule has 1 N–H and O–H groups in total. The lowest BCUT2D eigenvalue weighted by Gasteiger charge is -2.15. The van der Waals surface area contributed by atoms with E-state index in [1.54, 1.807) is 7.11 Å². The van der Waals surface area contributed by atoms with Crippen LogP contribution in [0.2, 0.25) is 5.02 Å². The van der Waals surface area contributed by atoms with Gasteiger partial charge in [0.1, 0.15) is 6.61 Å². The predicted octanol–water partition coefficient (Wildman–Crippen LogP) is 6.40. The van der Waals surface area contributed by atoms with Crippen molar-refractivity contribution in [1.29, 1.82) is 0 Å². The van der Waals surface area contributed by atoms with E-state index in [1.807, 2.05) is 54.6 Å². The third-order valence-electron chi connectivity index (χ3n) is 4.12. The molecule has 0 spiro atoms. The van der Waals surface area contributed by atoms with Gasteiger partial charge < -0.3 is 14.8 Å². The minimum Gasteiger partial charge on any atom is -0.493 e. The number of hydrogen-bond acceptors (Lipinski definition) is 3. The molecule has 0 amide bonds. The van der Waals surface area contributed by atoms with Gasteiger partial charge in [-0.25, -0.2) is 0 Å². The van der Waals surface area contributed by atoms with Crippen LogP contribution in [0.1, 0.15) is 16.7 Å². The normalized spacial score (nSPS) is 10.2. The molecule has 0 unspecified atom stereocenters. The third-order valence-corrected chi connectivity index (χ3v) is 5.08. The van der Waals surface area contributed by atoms with E-state index in [0.717, 1.165) is 28.7 Å². The minimum atomic E-state index is 0. The maximum Gasteiger partial charge on any atom is 0.175 e. The molecule has 148 valence electrons. The zero-order valence-electron chi connectivity index (χ0n) is 15.5. The van der Waals surface area contributed by atoms with Crippen LogP contribution >= 0.6 is 39.9 Å². The quantitative estimate of drug-likeness (QED) is 0.402. The molecule has 3 rings (SSSR count). The zero-order chi connectivity index (χ0) is 19.1. The van der Waals surface area contributed by atoms with E-state index in [-0.39, 0.29) is 12.4 Å². The van der Waals surface area contributed by atoms with Crippen LogP contribution in [0, 0.1) is 0 Å². The second-order valence-electron chi connectivity index (χ2n) is 6.08. The molecule has 0 radical (unpaired) electrons. The summed E-state index contributed by atoms with van der Waals surface area (Å²) >= 11 is 9.81. The van der Waals surface area contributed by atoms with Gasteiger partial charge >= 0.3 is 0 Å². The van der Waals surface area contributed by atoms with Gasteiger partial charge in [0, 0.05) is 23.7 Å². The number of halogens is 3. The van der Waals surface area contributed by atoms with Crippen molar-refractivity contribution in [3.8, 4) is 11.5 Å². The molecule has 3 aromatic carbocycles. The summed E-state index contributed by atoms with van der Waals surface area (Å²) in [4.78, 5) is 0. The van der Waals surface area contributed by atoms with Crippen LogP contribution in [0.3, 0.4) is 0 Å². The Bertz CT molecular complexity index is 891. The maximum absolute atomic E-state index is 6.21. The van der Waals surface area contributed by atoms with Crippen molar-refractivity contribution in [3.63, 3.8) is 0 Å². The molecule has 0 fully saturated rings. The van der Waals surface area contributed by atoms with E-state index in [2.05, 4.69) is 33.4 Å². The highest BCUT2D eigenvalue weighted by Gasteiger charge is 2.13. The number of methoxy groups -OCH3 is 1. The zero-order valence-corrected chi connectivity index (χ0v) is 18.6. The standard InChI is InChI=1S/C22H21BrClNO2.ClH/c1-26-21-12-17(14-25-13-16-7-3-2-4-8-16)11-19(23)22(21)27-15-18-9-5-6-10-20(18)24;/h2-12,25H,13-15H2,1H3;1H. The lowest BCUT2D eigenvalue weighted by atomic mass is 10.2. The first-order chi connectivity index (χ1) is 13.2. The van der Waals surface area contributed by atoms with Crippen LogP contribution in [0.25, 0.3) is 0 Å². The van der Waals surface area contributed by atoms with E-state index < -0.39 is 0 Å². The van der Waals surface area contributed by atoms with Gasteiger partial charge in [0.15, 0.2) is 11.5 Å². The van der Waals surface area contributed by atoms with Crippen LogP contribution in [-0.4, -0.2) is 7.11 Å². The summed E-state index contributed by atoms with van der Waals surface area (Å²) in [7, 11) is 1.64. The first kappa shape index (κ1) is 22.6. The Balaban J connectivity index is 0.00000280. The van der Waals surface area contributed by atoms with E-state index >= 15 is 0 Å². The minimum absolute atomic E-state index is 0. The largest absolute Gasteiger partial charge is 0.493 e. The van der Waals surface area contributed by atoms with Crippen molar-refractivity contribution >= 4 is 39.9 Å². The monoisotopic (exact) mass is 481 g/mol. The van der Waals surface area contributed by atoms with Crippen LogP contribution in [0.4, 0.5) is 0 Å². The summed E-state index contributed by atoms with van der Waals surface area (Å²) in [5.41, 5.74) is 3.30. The smallest absolute Gasteiger partial charge is 0.175 e. The summed E-state index contributed by atoms with van der Waals surface area (Å²) in [5.74, 6) is 1.36. The molecule has 0 heterocycles. The van der Waals surface area contributed by atoms with E-state index in [9.17, 15) is 0 Å². The van der Waals surface area contributed by atoms with Gasteiger partial charge in [0.2, 0.25) is 0 Å². The molecule has 0 bridgehead atoms. The predicted molar refractivity (Wildman–Crippen MR) is 121 cm³/mol. The fourth-order valence-electron chi connectivity index (χ4n) is 2.73. The van der Waals surface area contributed by atoms with Crippen molar-refractivity contribution in [2.24, 2.45) is 0 Å². The Hall–Kier alpha value is -1.72. The topological polar surface area (TPSA) is 30.5 Å². The first-order valence-corrected chi connectivity index (χ1v) is 9.81. The highest BCUT2D eigenvalue weighted by atomic mass is 79.9. The summed E-state index contributed by atoms with van der Waals surface area (Å²) < 4.78 is 12.4. The molecule has 0 aromatic heterocycles. The van der Waals surface area contributed by atoms with Gasteiger partial charge in [-0.05, 0) is 45.3 Å². The van der Waals surface area contributed by atoms with Crippen LogP contribution in [-0.2, 0) is 19.7 Å². The van der Waals surface area contributed by atoms with Crippen molar-refractivity contribution in [1.82, 2.24) is 5.32 Å². The molecule has 6 heteroatoms. The second-order valence-corrected chi connectivity index (χ2v) is 7.34. The third kappa shape index (κ3) is 6.14. The molecular weight excluding hydrogens is 461 g/mol. The number of ether oxygens (including phenoxy) is 2. The summed E-state index contributed by atoms with van der Waals surface area (Å²) in [6.07, 6.45) is 0. The van der Waals surface area contributed by atoms with Crippen LogP contribution in [0.5, 0.6) is 11.5 Å². The van der Waals surface area contributed by atoms with Gasteiger partial charge in [-0.3, -0.25) is 0 Å². The molecule has 3 nitrogen and oxygen atoms in total. The average Bonchev–Trinajstić information content (AvgIpc) is 2.69. The van der Waals surface area contributed by atoms with Gasteiger partial charge in [-0.1, -0.05) is 60.1 Å². The van der Waals surface area contributed by atoms with Crippen molar-refractivity contribution in [2.45, 2.75) is 19.7 Å². The SMILES string of the molecule is COc1cc(CNCc2ccccc2)cc(Br)c1OCc1ccccc1Cl.Cl. The van der Waals surface area contributed by atoms with Gasteiger partial charge in [0.25, 0.3) is 0 Å². The fourth-order valence-corrected chi connectivity index (χ4v) is 3.52. The summed E-state index contributed by atoms with van der Waals surface area (Å²) in [6.45, 7) is 1.92. The molecule has 0 aliphatic carbocycles. The maximum atomic E-state index is 6.21. The number of rotatable bonds is 8. The molecule has 28 heavy (non-hydrogen) atoms. The Morgan fingerprint density at radius 2 is 1.61 bits per heavy atom. The van der Waals surface area contributed by atoms with Gasteiger partial charge in [-0.15, -0.1) is 12.4 Å². The van der Waals surface area contributed by atoms with Crippen molar-refractivity contribution in [3.05, 3.63) is 92.9 Å². The van der Waals surface area contributed by atoms with Crippen LogP contribution < -0.4 is 14.8 Å². The number of hydrogen-bond donors (Lipinski definition) is 1. The summed E-state index contributed by atoms with van der Waals surface area (Å²) in [6, 6.07) is 22.0. The fraction of sp³-hybridized carbons (Fsp3) is 0.182. The van der Waals surface area contributed by atoms with Gasteiger partial charge in [0.05, 0.1) is 11.6 Å². The molecular formula is C22H22BrCl2NO2. The lowest BCUT2D eigenvalue weighted by molar-refractivity contribution is 0.282. The van der Waals surface area contributed by atoms with Crippen molar-refractivity contribution < 1.29 is 9.47 Å². The molecule has 0 atom stereocenters.